The molecule has 1 amide bonds. The molecule has 1 aromatic rings. The van der Waals surface area contributed by atoms with Crippen molar-refractivity contribution in [3.63, 3.8) is 0 Å². The predicted molar refractivity (Wildman–Crippen MR) is 95.7 cm³/mol. The Hall–Kier alpha value is -0.620. The van der Waals surface area contributed by atoms with Crippen LogP contribution in [0.1, 0.15) is 37.5 Å². The van der Waals surface area contributed by atoms with Crippen molar-refractivity contribution in [1.29, 1.82) is 0 Å². The van der Waals surface area contributed by atoms with E-state index in [4.69, 9.17) is 17.3 Å². The van der Waals surface area contributed by atoms with Gasteiger partial charge in [0, 0.05) is 43.1 Å². The first-order valence-electron chi connectivity index (χ1n) is 8.50. The van der Waals surface area contributed by atoms with Crippen molar-refractivity contribution < 1.29 is 4.79 Å². The molecule has 2 aliphatic rings. The third kappa shape index (κ3) is 4.08. The topological polar surface area (TPSA) is 49.6 Å². The van der Waals surface area contributed by atoms with Crippen LogP contribution in [0.4, 0.5) is 0 Å². The van der Waals surface area contributed by atoms with Gasteiger partial charge in [-0.05, 0) is 31.9 Å². The second kappa shape index (κ2) is 7.09. The van der Waals surface area contributed by atoms with Crippen LogP contribution < -0.4 is 5.73 Å². The summed E-state index contributed by atoms with van der Waals surface area (Å²) in [7, 11) is 0. The summed E-state index contributed by atoms with van der Waals surface area (Å²) in [5.74, 6) is 0.271. The Morgan fingerprint density at radius 1 is 1.35 bits per heavy atom. The maximum atomic E-state index is 12.8. The van der Waals surface area contributed by atoms with Crippen molar-refractivity contribution in [3.05, 3.63) is 21.3 Å². The quantitative estimate of drug-likeness (QED) is 0.906. The van der Waals surface area contributed by atoms with Gasteiger partial charge in [0.25, 0.3) is 0 Å². The lowest BCUT2D eigenvalue weighted by Crippen LogP contribution is -2.57. The molecule has 23 heavy (non-hydrogen) atoms. The lowest BCUT2D eigenvalue weighted by Gasteiger charge is -2.42. The maximum Gasteiger partial charge on any atom is 0.227 e. The number of halogens is 1. The molecular weight excluding hydrogens is 330 g/mol. The van der Waals surface area contributed by atoms with Gasteiger partial charge >= 0.3 is 0 Å². The Bertz CT molecular complexity index is 552. The number of piperazine rings is 1. The monoisotopic (exact) mass is 355 g/mol. The summed E-state index contributed by atoms with van der Waals surface area (Å²) in [5, 5.41) is 0. The van der Waals surface area contributed by atoms with Crippen molar-refractivity contribution in [3.8, 4) is 0 Å². The summed E-state index contributed by atoms with van der Waals surface area (Å²) < 4.78 is 0.841. The first kappa shape index (κ1) is 17.2. The smallest absolute Gasteiger partial charge is 0.227 e. The van der Waals surface area contributed by atoms with Gasteiger partial charge in [-0.3, -0.25) is 9.69 Å². The van der Waals surface area contributed by atoms with E-state index in [2.05, 4.69) is 11.0 Å². The number of amides is 1. The molecule has 3 rings (SSSR count). The molecule has 2 heterocycles. The highest BCUT2D eigenvalue weighted by molar-refractivity contribution is 7.16. The molecule has 0 bridgehead atoms. The highest BCUT2D eigenvalue weighted by Crippen LogP contribution is 2.33. The summed E-state index contributed by atoms with van der Waals surface area (Å²) in [4.78, 5) is 18.6. The number of hydrogen-bond acceptors (Lipinski definition) is 4. The molecule has 1 aliphatic heterocycles. The standard InChI is InChI=1S/C17H26ClN3OS/c1-17(19)7-3-2-4-14(17)16(22)21-10-8-20(9-11-21)12-13-5-6-15(18)23-13/h5-6,14H,2-4,7-12,19H2,1H3. The zero-order valence-electron chi connectivity index (χ0n) is 13.8. The molecule has 6 heteroatoms. The summed E-state index contributed by atoms with van der Waals surface area (Å²) in [6.07, 6.45) is 4.18. The van der Waals surface area contributed by atoms with Crippen LogP contribution >= 0.6 is 22.9 Å². The van der Waals surface area contributed by atoms with Gasteiger partial charge in [-0.2, -0.15) is 0 Å². The summed E-state index contributed by atoms with van der Waals surface area (Å²) in [6, 6.07) is 4.04. The van der Waals surface area contributed by atoms with Gasteiger partial charge in [-0.1, -0.05) is 24.4 Å². The van der Waals surface area contributed by atoms with E-state index >= 15 is 0 Å². The van der Waals surface area contributed by atoms with E-state index in [9.17, 15) is 4.79 Å². The van der Waals surface area contributed by atoms with Crippen LogP contribution in [-0.4, -0.2) is 47.4 Å². The summed E-state index contributed by atoms with van der Waals surface area (Å²) in [6.45, 7) is 6.45. The van der Waals surface area contributed by atoms with Crippen molar-refractivity contribution in [2.45, 2.75) is 44.7 Å². The predicted octanol–water partition coefficient (Wildman–Crippen LogP) is 2.95. The SMILES string of the molecule is CC1(N)CCCCC1C(=O)N1CCN(Cc2ccc(Cl)s2)CC1. The number of nitrogens with zero attached hydrogens (tertiary/aromatic N) is 2. The third-order valence-electron chi connectivity index (χ3n) is 5.24. The minimum Gasteiger partial charge on any atom is -0.340 e. The molecule has 1 saturated carbocycles. The van der Waals surface area contributed by atoms with Crippen LogP contribution in [0, 0.1) is 5.92 Å². The minimum absolute atomic E-state index is 0.00102. The van der Waals surface area contributed by atoms with Crippen molar-refractivity contribution in [2.75, 3.05) is 26.2 Å². The Balaban J connectivity index is 1.53. The lowest BCUT2D eigenvalue weighted by molar-refractivity contribution is -0.140. The van der Waals surface area contributed by atoms with Crippen LogP contribution in [0.3, 0.4) is 0 Å². The second-order valence-corrected chi connectivity index (χ2v) is 8.91. The Labute approximate surface area is 147 Å². The van der Waals surface area contributed by atoms with E-state index in [1.165, 1.54) is 4.88 Å². The molecule has 2 unspecified atom stereocenters. The molecule has 0 radical (unpaired) electrons. The molecular formula is C17H26ClN3OS. The molecule has 2 fully saturated rings. The van der Waals surface area contributed by atoms with Gasteiger partial charge in [-0.25, -0.2) is 0 Å². The molecule has 2 atom stereocenters. The zero-order valence-corrected chi connectivity index (χ0v) is 15.3. The zero-order chi connectivity index (χ0) is 16.4. The van der Waals surface area contributed by atoms with Crippen molar-refractivity contribution >= 4 is 28.8 Å². The fourth-order valence-electron chi connectivity index (χ4n) is 3.77. The molecule has 1 saturated heterocycles. The number of thiophene rings is 1. The molecule has 0 aromatic carbocycles. The first-order chi connectivity index (χ1) is 11.0. The van der Waals surface area contributed by atoms with E-state index in [0.29, 0.717) is 0 Å². The Morgan fingerprint density at radius 2 is 2.09 bits per heavy atom. The molecule has 128 valence electrons. The first-order valence-corrected chi connectivity index (χ1v) is 9.69. The fourth-order valence-corrected chi connectivity index (χ4v) is 4.90. The third-order valence-corrected chi connectivity index (χ3v) is 6.46. The minimum atomic E-state index is -0.333. The van der Waals surface area contributed by atoms with Crippen LogP contribution in [0.5, 0.6) is 0 Å². The van der Waals surface area contributed by atoms with Crippen LogP contribution in [0.15, 0.2) is 12.1 Å². The largest absolute Gasteiger partial charge is 0.340 e. The van der Waals surface area contributed by atoms with E-state index in [1.807, 2.05) is 17.9 Å². The molecule has 1 aliphatic carbocycles. The van der Waals surface area contributed by atoms with Crippen LogP contribution in [-0.2, 0) is 11.3 Å². The summed E-state index contributed by atoms with van der Waals surface area (Å²) in [5.41, 5.74) is 6.06. The Morgan fingerprint density at radius 3 is 2.70 bits per heavy atom. The van der Waals surface area contributed by atoms with Crippen molar-refractivity contribution in [2.24, 2.45) is 11.7 Å². The van der Waals surface area contributed by atoms with Crippen LogP contribution in [0.25, 0.3) is 0 Å². The number of rotatable bonds is 3. The number of nitrogens with two attached hydrogens (primary N) is 1. The Kier molecular flexibility index (Phi) is 5.31. The van der Waals surface area contributed by atoms with Gasteiger partial charge in [-0.15, -0.1) is 11.3 Å². The highest BCUT2D eigenvalue weighted by atomic mass is 35.5. The maximum absolute atomic E-state index is 12.8. The second-order valence-electron chi connectivity index (χ2n) is 7.11. The number of carbonyl (C=O) groups excluding carboxylic acids is 1. The average Bonchev–Trinajstić information content (AvgIpc) is 2.92. The number of hydrogen-bond donors (Lipinski definition) is 1. The molecule has 4 nitrogen and oxygen atoms in total. The van der Waals surface area contributed by atoms with E-state index < -0.39 is 0 Å². The molecule has 1 aromatic heterocycles. The van der Waals surface area contributed by atoms with E-state index in [0.717, 1.165) is 62.7 Å². The van der Waals surface area contributed by atoms with E-state index in [1.54, 1.807) is 11.3 Å². The van der Waals surface area contributed by atoms with Gasteiger partial charge < -0.3 is 10.6 Å². The van der Waals surface area contributed by atoms with Crippen molar-refractivity contribution in [1.82, 2.24) is 9.80 Å². The average molecular weight is 356 g/mol. The normalized spacial score (nSPS) is 29.7. The highest BCUT2D eigenvalue weighted by Gasteiger charge is 2.40. The van der Waals surface area contributed by atoms with Gasteiger partial charge in [0.2, 0.25) is 5.91 Å². The van der Waals surface area contributed by atoms with Gasteiger partial charge in [0.15, 0.2) is 0 Å². The molecule has 0 spiro atoms. The van der Waals surface area contributed by atoms with Crippen LogP contribution in [0.2, 0.25) is 4.34 Å². The van der Waals surface area contributed by atoms with Gasteiger partial charge in [0.1, 0.15) is 0 Å². The summed E-state index contributed by atoms with van der Waals surface area (Å²) >= 11 is 7.63. The molecule has 2 N–H and O–H groups in total. The van der Waals surface area contributed by atoms with Gasteiger partial charge in [0.05, 0.1) is 10.3 Å². The fraction of sp³-hybridized carbons (Fsp3) is 0.706. The van der Waals surface area contributed by atoms with E-state index in [-0.39, 0.29) is 17.4 Å². The number of carbonyl (C=O) groups is 1. The lowest BCUT2D eigenvalue weighted by atomic mass is 9.74.